The van der Waals surface area contributed by atoms with Crippen LogP contribution in [0.25, 0.3) is 0 Å². The van der Waals surface area contributed by atoms with Crippen molar-refractivity contribution in [1.29, 1.82) is 0 Å². The molecule has 0 saturated carbocycles. The second kappa shape index (κ2) is 19.5. The molecule has 6 N–H and O–H groups in total. The molecule has 0 spiro atoms. The lowest BCUT2D eigenvalue weighted by Crippen LogP contribution is -2.50. The number of unbranched alkanes of at least 4 members (excludes halogenated alkanes) is 1. The summed E-state index contributed by atoms with van der Waals surface area (Å²) in [5.74, 6) is -2.98. The van der Waals surface area contributed by atoms with E-state index in [1.54, 1.807) is 34.6 Å². The van der Waals surface area contributed by atoms with Crippen LogP contribution in [0.4, 0.5) is 9.59 Å². The van der Waals surface area contributed by atoms with Crippen LogP contribution in [0.3, 0.4) is 0 Å². The minimum absolute atomic E-state index is 0.0186. The van der Waals surface area contributed by atoms with Crippen LogP contribution in [-0.2, 0) is 28.7 Å². The van der Waals surface area contributed by atoms with Crippen molar-refractivity contribution in [3.63, 3.8) is 0 Å². The number of carbonyl (C=O) groups excluding carboxylic acids is 5. The molecule has 5 amide bonds. The molecule has 0 aliphatic heterocycles. The van der Waals surface area contributed by atoms with Gasteiger partial charge in [-0.3, -0.25) is 24.6 Å². The van der Waals surface area contributed by atoms with E-state index in [9.17, 15) is 28.8 Å². The van der Waals surface area contributed by atoms with Crippen molar-refractivity contribution in [1.82, 2.24) is 26.8 Å². The highest BCUT2D eigenvalue weighted by Crippen LogP contribution is 2.07. The van der Waals surface area contributed by atoms with Crippen LogP contribution in [0.2, 0.25) is 0 Å². The zero-order valence-electron chi connectivity index (χ0n) is 25.3. The molecule has 0 saturated heterocycles. The number of hydrazine groups is 1. The number of ether oxygens (including phenoxy) is 2. The Kier molecular flexibility index (Phi) is 18.8. The predicted molar refractivity (Wildman–Crippen MR) is 148 cm³/mol. The fraction of sp³-hybridized carbons (Fsp3) is 0.769. The molecule has 14 nitrogen and oxygen atoms in total. The van der Waals surface area contributed by atoms with Crippen LogP contribution in [-0.4, -0.2) is 71.3 Å². The summed E-state index contributed by atoms with van der Waals surface area (Å²) in [6, 6.07) is -0.880. The highest BCUT2D eigenvalue weighted by Gasteiger charge is 2.24. The van der Waals surface area contributed by atoms with Crippen molar-refractivity contribution in [3.05, 3.63) is 0 Å². The molecule has 0 aromatic carbocycles. The van der Waals surface area contributed by atoms with E-state index in [0.717, 1.165) is 12.8 Å². The Bertz CT molecular complexity index is 833. The van der Waals surface area contributed by atoms with Crippen LogP contribution in [0.15, 0.2) is 0 Å². The Labute approximate surface area is 237 Å². The average Bonchev–Trinajstić information content (AvgIpc) is 2.77. The van der Waals surface area contributed by atoms with Gasteiger partial charge in [0, 0.05) is 19.4 Å². The average molecular weight is 576 g/mol. The Balaban J connectivity index is 0. The van der Waals surface area contributed by atoms with E-state index >= 15 is 0 Å². The molecule has 0 rings (SSSR count). The minimum atomic E-state index is -1.19. The third-order valence-corrected chi connectivity index (χ3v) is 4.39. The first-order valence-electron chi connectivity index (χ1n) is 13.3. The van der Waals surface area contributed by atoms with E-state index in [-0.39, 0.29) is 31.3 Å². The second-order valence-electron chi connectivity index (χ2n) is 11.2. The first kappa shape index (κ1) is 38.6. The molecule has 232 valence electrons. The predicted octanol–water partition coefficient (Wildman–Crippen LogP) is 2.37. The van der Waals surface area contributed by atoms with E-state index in [1.807, 2.05) is 20.8 Å². The lowest BCUT2D eigenvalue weighted by Gasteiger charge is -2.21. The van der Waals surface area contributed by atoms with Crippen molar-refractivity contribution < 1.29 is 43.3 Å². The number of nitrogens with one attached hydrogen (secondary N) is 5. The van der Waals surface area contributed by atoms with Crippen LogP contribution in [0.1, 0.15) is 94.4 Å². The molecule has 0 aliphatic rings. The highest BCUT2D eigenvalue weighted by molar-refractivity contribution is 5.89. The van der Waals surface area contributed by atoms with Crippen molar-refractivity contribution in [3.8, 4) is 0 Å². The van der Waals surface area contributed by atoms with Crippen molar-refractivity contribution in [2.45, 2.75) is 112 Å². The third kappa shape index (κ3) is 24.7. The quantitative estimate of drug-likeness (QED) is 0.149. The third-order valence-electron chi connectivity index (χ3n) is 4.39. The van der Waals surface area contributed by atoms with Gasteiger partial charge in [-0.15, -0.1) is 0 Å². The van der Waals surface area contributed by atoms with E-state index in [4.69, 9.17) is 14.6 Å². The molecule has 1 unspecified atom stereocenters. The summed E-state index contributed by atoms with van der Waals surface area (Å²) in [5.41, 5.74) is 3.18. The first-order chi connectivity index (χ1) is 18.3. The summed E-state index contributed by atoms with van der Waals surface area (Å²) in [5, 5.41) is 16.0. The lowest BCUT2D eigenvalue weighted by atomic mass is 10.0. The molecule has 40 heavy (non-hydrogen) atoms. The van der Waals surface area contributed by atoms with Gasteiger partial charge in [-0.05, 0) is 60.3 Å². The molecule has 0 aromatic heterocycles. The summed E-state index contributed by atoms with van der Waals surface area (Å²) in [6.07, 6.45) is 1.10. The molecule has 0 bridgehead atoms. The van der Waals surface area contributed by atoms with Crippen molar-refractivity contribution in [2.24, 2.45) is 5.92 Å². The normalized spacial score (nSPS) is 11.7. The number of rotatable bonds is 12. The number of hydrogen-bond donors (Lipinski definition) is 6. The Hall–Kier alpha value is -3.58. The van der Waals surface area contributed by atoms with Gasteiger partial charge in [0.05, 0.1) is 0 Å². The summed E-state index contributed by atoms with van der Waals surface area (Å²) in [7, 11) is 0. The van der Waals surface area contributed by atoms with Gasteiger partial charge in [0.15, 0.2) is 0 Å². The van der Waals surface area contributed by atoms with E-state index in [0.29, 0.717) is 6.54 Å². The van der Waals surface area contributed by atoms with Gasteiger partial charge < -0.3 is 30.5 Å². The van der Waals surface area contributed by atoms with Crippen LogP contribution >= 0.6 is 0 Å². The van der Waals surface area contributed by atoms with E-state index < -0.39 is 53.6 Å². The van der Waals surface area contributed by atoms with Gasteiger partial charge in [0.1, 0.15) is 23.8 Å². The topological polar surface area (TPSA) is 201 Å². The molecular weight excluding hydrogens is 526 g/mol. The maximum absolute atomic E-state index is 12.0. The smallest absolute Gasteiger partial charge is 0.426 e. The Morgan fingerprint density at radius 1 is 0.750 bits per heavy atom. The summed E-state index contributed by atoms with van der Waals surface area (Å²) in [4.78, 5) is 68.5. The summed E-state index contributed by atoms with van der Waals surface area (Å²) < 4.78 is 9.98. The number of carboxylic acids is 1. The van der Waals surface area contributed by atoms with Crippen LogP contribution in [0, 0.1) is 5.92 Å². The number of carbonyl (C=O) groups is 6. The van der Waals surface area contributed by atoms with Crippen molar-refractivity contribution in [2.75, 3.05) is 13.1 Å². The molecule has 0 fully saturated rings. The lowest BCUT2D eigenvalue weighted by molar-refractivity contribution is -0.138. The van der Waals surface area contributed by atoms with Gasteiger partial charge in [0.2, 0.25) is 17.7 Å². The standard InChI is InChI=1S/C17H30N4O7.C9H19NO2/c1-10(2)14(15(26)18-9-13(24)25)19-11(22)7-6-8-12(23)20-21-16(27)28-17(3,4)5;1-5-6-7-10-8(11)12-9(2,3)4/h10,14H,6-9H2,1-5H3,(H,18,26)(H,19,22)(H,20,23)(H,21,27)(H,24,25);5-7H2,1-4H3,(H,10,11). The first-order valence-corrected chi connectivity index (χ1v) is 13.3. The monoisotopic (exact) mass is 575 g/mol. The molecule has 0 radical (unpaired) electrons. The van der Waals surface area contributed by atoms with E-state index in [2.05, 4.69) is 33.7 Å². The maximum atomic E-state index is 12.0. The number of carboxylic acid groups (broad SMARTS) is 1. The van der Waals surface area contributed by atoms with Crippen molar-refractivity contribution >= 4 is 35.9 Å². The Morgan fingerprint density at radius 3 is 1.75 bits per heavy atom. The fourth-order valence-corrected chi connectivity index (χ4v) is 2.63. The largest absolute Gasteiger partial charge is 0.480 e. The number of aliphatic carboxylic acids is 1. The van der Waals surface area contributed by atoms with Gasteiger partial charge in [-0.25, -0.2) is 15.0 Å². The van der Waals surface area contributed by atoms with Crippen LogP contribution < -0.4 is 26.8 Å². The molecule has 0 aromatic rings. The SMILES string of the molecule is CC(C)C(NC(=O)CCCC(=O)NNC(=O)OC(C)(C)C)C(=O)NCC(=O)O.CCCCNC(=O)OC(C)(C)C. The molecule has 0 aliphatic carbocycles. The number of alkyl carbamates (subject to hydrolysis) is 1. The van der Waals surface area contributed by atoms with Gasteiger partial charge in [0.25, 0.3) is 0 Å². The minimum Gasteiger partial charge on any atom is -0.480 e. The van der Waals surface area contributed by atoms with E-state index in [1.165, 1.54) is 0 Å². The maximum Gasteiger partial charge on any atom is 0.426 e. The number of amides is 5. The Morgan fingerprint density at radius 2 is 1.27 bits per heavy atom. The highest BCUT2D eigenvalue weighted by atomic mass is 16.6. The molecule has 14 heteroatoms. The number of hydrogen-bond acceptors (Lipinski definition) is 8. The molecule has 0 heterocycles. The summed E-state index contributed by atoms with van der Waals surface area (Å²) >= 11 is 0. The van der Waals surface area contributed by atoms with Gasteiger partial charge in [-0.1, -0.05) is 27.2 Å². The zero-order chi connectivity index (χ0) is 31.5. The molecule has 1 atom stereocenters. The molecular formula is C26H49N5O9. The zero-order valence-corrected chi connectivity index (χ0v) is 25.3. The van der Waals surface area contributed by atoms with Gasteiger partial charge >= 0.3 is 18.2 Å². The van der Waals surface area contributed by atoms with Gasteiger partial charge in [-0.2, -0.15) is 0 Å². The summed E-state index contributed by atoms with van der Waals surface area (Å²) in [6.45, 7) is 16.3. The second-order valence-corrected chi connectivity index (χ2v) is 11.2. The fourth-order valence-electron chi connectivity index (χ4n) is 2.63. The van der Waals surface area contributed by atoms with Crippen LogP contribution in [0.5, 0.6) is 0 Å².